The van der Waals surface area contributed by atoms with E-state index in [1.807, 2.05) is 30.3 Å². The molecule has 21 heavy (non-hydrogen) atoms. The molecule has 0 unspecified atom stereocenters. The number of hydrogen-bond acceptors (Lipinski definition) is 6. The van der Waals surface area contributed by atoms with Gasteiger partial charge in [-0.1, -0.05) is 23.4 Å². The van der Waals surface area contributed by atoms with Gasteiger partial charge in [-0.15, -0.1) is 5.10 Å². The number of nitrogens with zero attached hydrogens (tertiary/aromatic N) is 5. The van der Waals surface area contributed by atoms with Crippen molar-refractivity contribution in [2.75, 3.05) is 25.6 Å². The van der Waals surface area contributed by atoms with Crippen LogP contribution < -0.4 is 5.32 Å². The molecular weight excluding hydrogens is 268 g/mol. The Bertz CT molecular complexity index is 712. The van der Waals surface area contributed by atoms with Gasteiger partial charge in [-0.3, -0.25) is 0 Å². The standard InChI is InChI=1S/C14H16N6O/c1-21-9-5-8-15-14-16-10-12-13(17-14)20(19-18-12)11-6-3-2-4-7-11/h2-4,6-7,10H,5,8-9H2,1H3,(H,15,16,17). The van der Waals surface area contributed by atoms with E-state index in [4.69, 9.17) is 4.74 Å². The van der Waals surface area contributed by atoms with Gasteiger partial charge in [0, 0.05) is 20.3 Å². The van der Waals surface area contributed by atoms with Gasteiger partial charge in [0.05, 0.1) is 11.9 Å². The first kappa shape index (κ1) is 13.4. The van der Waals surface area contributed by atoms with Crippen LogP contribution in [0.15, 0.2) is 36.5 Å². The van der Waals surface area contributed by atoms with Crippen LogP contribution in [0.4, 0.5) is 5.95 Å². The summed E-state index contributed by atoms with van der Waals surface area (Å²) < 4.78 is 6.72. The third-order valence-corrected chi connectivity index (χ3v) is 3.00. The molecule has 2 heterocycles. The van der Waals surface area contributed by atoms with Gasteiger partial charge in [-0.25, -0.2) is 4.98 Å². The van der Waals surface area contributed by atoms with Crippen LogP contribution in [-0.4, -0.2) is 45.2 Å². The summed E-state index contributed by atoms with van der Waals surface area (Å²) in [5.74, 6) is 0.568. The molecule has 0 saturated heterocycles. The maximum atomic E-state index is 5.01. The van der Waals surface area contributed by atoms with Crippen LogP contribution in [0.5, 0.6) is 0 Å². The molecule has 0 aliphatic heterocycles. The van der Waals surface area contributed by atoms with E-state index in [1.165, 1.54) is 0 Å². The number of benzene rings is 1. The average Bonchev–Trinajstić information content (AvgIpc) is 2.95. The molecule has 0 saturated carbocycles. The molecule has 0 bridgehead atoms. The molecule has 108 valence electrons. The Hall–Kier alpha value is -2.54. The van der Waals surface area contributed by atoms with Crippen molar-refractivity contribution in [3.8, 4) is 5.69 Å². The third kappa shape index (κ3) is 2.97. The second kappa shape index (κ2) is 6.27. The van der Waals surface area contributed by atoms with Crippen molar-refractivity contribution in [1.82, 2.24) is 25.0 Å². The van der Waals surface area contributed by atoms with Crippen LogP contribution in [0.25, 0.3) is 16.9 Å². The second-order valence-electron chi connectivity index (χ2n) is 4.51. The fraction of sp³-hybridized carbons (Fsp3) is 0.286. The largest absolute Gasteiger partial charge is 0.385 e. The van der Waals surface area contributed by atoms with Crippen LogP contribution in [0.3, 0.4) is 0 Å². The molecular formula is C14H16N6O. The van der Waals surface area contributed by atoms with Crippen molar-refractivity contribution in [3.05, 3.63) is 36.5 Å². The summed E-state index contributed by atoms with van der Waals surface area (Å²) in [6, 6.07) is 9.78. The minimum absolute atomic E-state index is 0.568. The molecule has 1 aromatic carbocycles. The average molecular weight is 284 g/mol. The molecule has 7 nitrogen and oxygen atoms in total. The van der Waals surface area contributed by atoms with E-state index in [0.29, 0.717) is 23.7 Å². The third-order valence-electron chi connectivity index (χ3n) is 3.00. The fourth-order valence-electron chi connectivity index (χ4n) is 1.97. The first-order valence-corrected chi connectivity index (χ1v) is 6.75. The molecule has 3 aromatic rings. The highest BCUT2D eigenvalue weighted by molar-refractivity contribution is 5.71. The number of fused-ring (bicyclic) bond motifs is 1. The summed E-state index contributed by atoms with van der Waals surface area (Å²) in [6.07, 6.45) is 2.57. The SMILES string of the molecule is COCCCNc1ncc2nnn(-c3ccccc3)c2n1. The van der Waals surface area contributed by atoms with Crippen LogP contribution in [0, 0.1) is 0 Å². The van der Waals surface area contributed by atoms with E-state index in [9.17, 15) is 0 Å². The zero-order valence-electron chi connectivity index (χ0n) is 11.7. The lowest BCUT2D eigenvalue weighted by Crippen LogP contribution is -2.08. The highest BCUT2D eigenvalue weighted by atomic mass is 16.5. The summed E-state index contributed by atoms with van der Waals surface area (Å²) in [6.45, 7) is 1.46. The van der Waals surface area contributed by atoms with Crippen molar-refractivity contribution in [3.63, 3.8) is 0 Å². The molecule has 0 atom stereocenters. The molecule has 0 fully saturated rings. The van der Waals surface area contributed by atoms with Gasteiger partial charge in [0.1, 0.15) is 0 Å². The van der Waals surface area contributed by atoms with E-state index in [-0.39, 0.29) is 0 Å². The quantitative estimate of drug-likeness (QED) is 0.694. The Balaban J connectivity index is 1.86. The lowest BCUT2D eigenvalue weighted by molar-refractivity contribution is 0.197. The molecule has 0 radical (unpaired) electrons. The van der Waals surface area contributed by atoms with Gasteiger partial charge in [0.15, 0.2) is 11.2 Å². The first-order chi connectivity index (χ1) is 10.4. The van der Waals surface area contributed by atoms with Crippen molar-refractivity contribution in [2.45, 2.75) is 6.42 Å². The van der Waals surface area contributed by atoms with Crippen molar-refractivity contribution in [1.29, 1.82) is 0 Å². The molecule has 0 amide bonds. The predicted octanol–water partition coefficient (Wildman–Crippen LogP) is 1.66. The molecule has 7 heteroatoms. The molecule has 0 aliphatic carbocycles. The van der Waals surface area contributed by atoms with Gasteiger partial charge in [0.25, 0.3) is 0 Å². The van der Waals surface area contributed by atoms with E-state index in [1.54, 1.807) is 18.0 Å². The number of nitrogens with one attached hydrogen (secondary N) is 1. The van der Waals surface area contributed by atoms with Gasteiger partial charge in [0.2, 0.25) is 5.95 Å². The Kier molecular flexibility index (Phi) is 4.02. The van der Waals surface area contributed by atoms with Crippen molar-refractivity contribution >= 4 is 17.1 Å². The van der Waals surface area contributed by atoms with Crippen molar-refractivity contribution in [2.24, 2.45) is 0 Å². The highest BCUT2D eigenvalue weighted by Crippen LogP contribution is 2.14. The maximum absolute atomic E-state index is 5.01. The predicted molar refractivity (Wildman–Crippen MR) is 79.4 cm³/mol. The zero-order valence-corrected chi connectivity index (χ0v) is 11.7. The molecule has 0 aliphatic rings. The number of rotatable bonds is 6. The van der Waals surface area contributed by atoms with E-state index in [0.717, 1.165) is 18.7 Å². The van der Waals surface area contributed by atoms with Crippen LogP contribution in [0.2, 0.25) is 0 Å². The number of hydrogen-bond donors (Lipinski definition) is 1. The van der Waals surface area contributed by atoms with Gasteiger partial charge < -0.3 is 10.1 Å². The van der Waals surface area contributed by atoms with Crippen LogP contribution >= 0.6 is 0 Å². The monoisotopic (exact) mass is 284 g/mol. The van der Waals surface area contributed by atoms with Crippen LogP contribution in [0.1, 0.15) is 6.42 Å². The number of anilines is 1. The molecule has 2 aromatic heterocycles. The van der Waals surface area contributed by atoms with Gasteiger partial charge in [-0.05, 0) is 18.6 Å². The Morgan fingerprint density at radius 3 is 2.90 bits per heavy atom. The summed E-state index contributed by atoms with van der Waals surface area (Å²) >= 11 is 0. The summed E-state index contributed by atoms with van der Waals surface area (Å²) in [5.41, 5.74) is 2.27. The lowest BCUT2D eigenvalue weighted by atomic mass is 10.3. The molecule has 0 spiro atoms. The number of para-hydroxylation sites is 1. The highest BCUT2D eigenvalue weighted by Gasteiger charge is 2.09. The Morgan fingerprint density at radius 1 is 1.24 bits per heavy atom. The number of methoxy groups -OCH3 is 1. The summed E-state index contributed by atoms with van der Waals surface area (Å²) in [5, 5.41) is 11.4. The topological polar surface area (TPSA) is 77.8 Å². The fourth-order valence-corrected chi connectivity index (χ4v) is 1.97. The zero-order chi connectivity index (χ0) is 14.5. The lowest BCUT2D eigenvalue weighted by Gasteiger charge is -2.05. The Morgan fingerprint density at radius 2 is 2.10 bits per heavy atom. The normalized spacial score (nSPS) is 10.9. The van der Waals surface area contributed by atoms with E-state index < -0.39 is 0 Å². The first-order valence-electron chi connectivity index (χ1n) is 6.75. The van der Waals surface area contributed by atoms with Gasteiger partial charge in [-0.2, -0.15) is 9.67 Å². The second-order valence-corrected chi connectivity index (χ2v) is 4.51. The smallest absolute Gasteiger partial charge is 0.224 e. The van der Waals surface area contributed by atoms with Gasteiger partial charge >= 0.3 is 0 Å². The molecule has 1 N–H and O–H groups in total. The number of ether oxygens (including phenoxy) is 1. The minimum Gasteiger partial charge on any atom is -0.385 e. The maximum Gasteiger partial charge on any atom is 0.224 e. The number of aromatic nitrogens is 5. The summed E-state index contributed by atoms with van der Waals surface area (Å²) in [4.78, 5) is 8.72. The van der Waals surface area contributed by atoms with E-state index in [2.05, 4.69) is 25.6 Å². The van der Waals surface area contributed by atoms with Crippen molar-refractivity contribution < 1.29 is 4.74 Å². The van der Waals surface area contributed by atoms with Crippen LogP contribution in [-0.2, 0) is 4.74 Å². The minimum atomic E-state index is 0.568. The Labute approximate surface area is 122 Å². The van der Waals surface area contributed by atoms with E-state index >= 15 is 0 Å². The molecule has 3 rings (SSSR count). The summed E-state index contributed by atoms with van der Waals surface area (Å²) in [7, 11) is 1.69.